The molecule has 0 unspecified atom stereocenters. The second-order valence-electron chi connectivity index (χ2n) is 1.94. The fourth-order valence-corrected chi connectivity index (χ4v) is 1.57. The molecule has 1 aliphatic heterocycles. The highest BCUT2D eigenvalue weighted by Crippen LogP contribution is 2.14. The zero-order chi connectivity index (χ0) is 8.53. The van der Waals surface area contributed by atoms with Gasteiger partial charge >= 0.3 is 6.03 Å². The second kappa shape index (κ2) is 7.64. The number of carbonyl (C=O) groups is 1. The standard InChI is InChI=1S/C4H8S.CH6N4O/c1-2-4-5-3-1;2-4-1(6)5-3/h1-4H2;2-3H2,(H2,4,5,6). The van der Waals surface area contributed by atoms with Crippen molar-refractivity contribution < 1.29 is 4.79 Å². The van der Waals surface area contributed by atoms with Crippen molar-refractivity contribution in [2.24, 2.45) is 11.7 Å². The highest BCUT2D eigenvalue weighted by Gasteiger charge is 1.95. The van der Waals surface area contributed by atoms with Gasteiger partial charge in [-0.2, -0.15) is 11.8 Å². The van der Waals surface area contributed by atoms with Crippen LogP contribution in [0.1, 0.15) is 12.8 Å². The van der Waals surface area contributed by atoms with Crippen molar-refractivity contribution in [2.45, 2.75) is 12.8 Å². The minimum atomic E-state index is -0.602. The number of nitrogens with one attached hydrogen (secondary N) is 2. The van der Waals surface area contributed by atoms with Crippen molar-refractivity contribution in [1.29, 1.82) is 0 Å². The monoisotopic (exact) mass is 178 g/mol. The van der Waals surface area contributed by atoms with Gasteiger partial charge in [0.05, 0.1) is 0 Å². The normalized spacial score (nSPS) is 14.7. The van der Waals surface area contributed by atoms with Crippen LogP contribution < -0.4 is 22.5 Å². The molecule has 1 fully saturated rings. The van der Waals surface area contributed by atoms with Crippen LogP contribution in [0.5, 0.6) is 0 Å². The Balaban J connectivity index is 0.000000183. The first-order valence-corrected chi connectivity index (χ1v) is 4.51. The van der Waals surface area contributed by atoms with Gasteiger partial charge < -0.3 is 0 Å². The van der Waals surface area contributed by atoms with Crippen molar-refractivity contribution >= 4 is 17.8 Å². The number of urea groups is 1. The van der Waals surface area contributed by atoms with E-state index < -0.39 is 6.03 Å². The lowest BCUT2D eigenvalue weighted by molar-refractivity contribution is 0.241. The Bertz CT molecular complexity index is 93.0. The third-order valence-electron chi connectivity index (χ3n) is 1.09. The van der Waals surface area contributed by atoms with Gasteiger partial charge in [0.25, 0.3) is 0 Å². The number of hydrazine groups is 2. The summed E-state index contributed by atoms with van der Waals surface area (Å²) in [4.78, 5) is 9.71. The highest BCUT2D eigenvalue weighted by molar-refractivity contribution is 7.99. The molecule has 0 bridgehead atoms. The average molecular weight is 178 g/mol. The predicted molar refractivity (Wildman–Crippen MR) is 46.6 cm³/mol. The van der Waals surface area contributed by atoms with Crippen LogP contribution in [-0.4, -0.2) is 17.5 Å². The summed E-state index contributed by atoms with van der Waals surface area (Å²) in [5, 5.41) is 0. The molecule has 0 spiro atoms. The molecule has 11 heavy (non-hydrogen) atoms. The zero-order valence-corrected chi connectivity index (χ0v) is 7.12. The number of hydrogen-bond donors (Lipinski definition) is 4. The summed E-state index contributed by atoms with van der Waals surface area (Å²) in [5.74, 6) is 11.9. The van der Waals surface area contributed by atoms with Crippen LogP contribution in [0.25, 0.3) is 0 Å². The predicted octanol–water partition coefficient (Wildman–Crippen LogP) is -0.454. The Morgan fingerprint density at radius 1 is 1.18 bits per heavy atom. The Morgan fingerprint density at radius 2 is 1.64 bits per heavy atom. The summed E-state index contributed by atoms with van der Waals surface area (Å²) in [6, 6.07) is -0.602. The molecule has 2 amide bonds. The summed E-state index contributed by atoms with van der Waals surface area (Å²) >= 11 is 2.07. The number of thioether (sulfide) groups is 1. The van der Waals surface area contributed by atoms with E-state index in [0.717, 1.165) is 0 Å². The van der Waals surface area contributed by atoms with E-state index in [4.69, 9.17) is 0 Å². The molecule has 66 valence electrons. The molecule has 1 aliphatic rings. The lowest BCUT2D eigenvalue weighted by Gasteiger charge is -1.90. The van der Waals surface area contributed by atoms with Gasteiger partial charge in [-0.1, -0.05) is 0 Å². The van der Waals surface area contributed by atoms with Crippen LogP contribution in [0.3, 0.4) is 0 Å². The summed E-state index contributed by atoms with van der Waals surface area (Å²) in [6.07, 6.45) is 2.93. The van der Waals surface area contributed by atoms with Crippen molar-refractivity contribution in [2.75, 3.05) is 11.5 Å². The molecule has 0 aromatic rings. The number of nitrogens with two attached hydrogens (primary N) is 2. The summed E-state index contributed by atoms with van der Waals surface area (Å²) in [7, 11) is 0. The minimum absolute atomic E-state index is 0.602. The second-order valence-corrected chi connectivity index (χ2v) is 3.16. The molecule has 0 atom stereocenters. The van der Waals surface area contributed by atoms with E-state index >= 15 is 0 Å². The smallest absolute Gasteiger partial charge is 0.275 e. The summed E-state index contributed by atoms with van der Waals surface area (Å²) in [6.45, 7) is 0. The molecule has 0 saturated carbocycles. The molecule has 0 aliphatic carbocycles. The Kier molecular flexibility index (Phi) is 7.33. The molecule has 1 heterocycles. The maximum atomic E-state index is 9.71. The molecule has 0 aromatic heterocycles. The summed E-state index contributed by atoms with van der Waals surface area (Å²) < 4.78 is 0. The van der Waals surface area contributed by atoms with E-state index in [1.165, 1.54) is 24.3 Å². The lowest BCUT2D eigenvalue weighted by Crippen LogP contribution is -2.43. The molecule has 6 N–H and O–H groups in total. The van der Waals surface area contributed by atoms with Crippen LogP contribution in [0, 0.1) is 0 Å². The van der Waals surface area contributed by atoms with Crippen LogP contribution in [0.2, 0.25) is 0 Å². The largest absolute Gasteiger partial charge is 0.343 e. The van der Waals surface area contributed by atoms with E-state index in [-0.39, 0.29) is 0 Å². The van der Waals surface area contributed by atoms with Crippen molar-refractivity contribution in [3.8, 4) is 0 Å². The van der Waals surface area contributed by atoms with Crippen LogP contribution >= 0.6 is 11.8 Å². The van der Waals surface area contributed by atoms with E-state index in [1.807, 2.05) is 0 Å². The van der Waals surface area contributed by atoms with Gasteiger partial charge in [0.15, 0.2) is 0 Å². The molecule has 0 radical (unpaired) electrons. The zero-order valence-electron chi connectivity index (χ0n) is 6.30. The first-order valence-electron chi connectivity index (χ1n) is 3.36. The topological polar surface area (TPSA) is 93.2 Å². The van der Waals surface area contributed by atoms with E-state index in [9.17, 15) is 4.79 Å². The van der Waals surface area contributed by atoms with Gasteiger partial charge in [0.2, 0.25) is 0 Å². The maximum Gasteiger partial charge on any atom is 0.343 e. The lowest BCUT2D eigenvalue weighted by atomic mass is 10.4. The molecule has 5 nitrogen and oxygen atoms in total. The number of rotatable bonds is 0. The SMILES string of the molecule is C1CCSC1.NNC(=O)NN. The quantitative estimate of drug-likeness (QED) is 0.229. The fraction of sp³-hybridized carbons (Fsp3) is 0.800. The Labute approximate surface area is 70.2 Å². The van der Waals surface area contributed by atoms with E-state index in [1.54, 1.807) is 10.9 Å². The number of hydrogen-bond acceptors (Lipinski definition) is 4. The fourth-order valence-electron chi connectivity index (χ4n) is 0.552. The van der Waals surface area contributed by atoms with E-state index in [0.29, 0.717) is 0 Å². The molecular weight excluding hydrogens is 164 g/mol. The maximum absolute atomic E-state index is 9.71. The summed E-state index contributed by atoms with van der Waals surface area (Å²) in [5.41, 5.74) is 3.48. The van der Waals surface area contributed by atoms with Crippen LogP contribution in [0.15, 0.2) is 0 Å². The number of amides is 2. The minimum Gasteiger partial charge on any atom is -0.275 e. The van der Waals surface area contributed by atoms with Crippen molar-refractivity contribution in [3.63, 3.8) is 0 Å². The van der Waals surface area contributed by atoms with Gasteiger partial charge in [0.1, 0.15) is 0 Å². The Hall–Kier alpha value is -0.460. The first-order chi connectivity index (χ1) is 5.31. The molecule has 6 heteroatoms. The third-order valence-corrected chi connectivity index (χ3v) is 2.24. The first kappa shape index (κ1) is 10.5. The average Bonchev–Trinajstić information content (AvgIpc) is 2.60. The van der Waals surface area contributed by atoms with E-state index in [2.05, 4.69) is 23.4 Å². The molecule has 0 aromatic carbocycles. The number of carbonyl (C=O) groups excluding carboxylic acids is 1. The van der Waals surface area contributed by atoms with Gasteiger partial charge in [-0.25, -0.2) is 16.5 Å². The molecule has 1 saturated heterocycles. The third kappa shape index (κ3) is 7.44. The van der Waals surface area contributed by atoms with Crippen molar-refractivity contribution in [3.05, 3.63) is 0 Å². The van der Waals surface area contributed by atoms with Gasteiger partial charge in [-0.3, -0.25) is 10.9 Å². The Morgan fingerprint density at radius 3 is 1.73 bits per heavy atom. The molecular formula is C5H14N4OS. The van der Waals surface area contributed by atoms with Crippen LogP contribution in [0.4, 0.5) is 4.79 Å². The van der Waals surface area contributed by atoms with Crippen LogP contribution in [-0.2, 0) is 0 Å². The van der Waals surface area contributed by atoms with Crippen molar-refractivity contribution in [1.82, 2.24) is 10.9 Å². The van der Waals surface area contributed by atoms with Gasteiger partial charge in [-0.15, -0.1) is 0 Å². The molecule has 1 rings (SSSR count). The highest BCUT2D eigenvalue weighted by atomic mass is 32.2. The van der Waals surface area contributed by atoms with Gasteiger partial charge in [-0.05, 0) is 24.3 Å². The van der Waals surface area contributed by atoms with Gasteiger partial charge in [0, 0.05) is 0 Å².